The number of thiophene rings is 1. The zero-order valence-corrected chi connectivity index (χ0v) is 13.0. The van der Waals surface area contributed by atoms with Crippen molar-refractivity contribution in [1.29, 1.82) is 0 Å². The fraction of sp³-hybridized carbons (Fsp3) is 0.750. The molecule has 2 saturated carbocycles. The molecule has 2 aliphatic rings. The predicted octanol–water partition coefficient (Wildman–Crippen LogP) is 3.62. The van der Waals surface area contributed by atoms with Gasteiger partial charge < -0.3 is 5.73 Å². The van der Waals surface area contributed by atoms with Crippen LogP contribution in [0.1, 0.15) is 51.5 Å². The van der Waals surface area contributed by atoms with Crippen molar-refractivity contribution in [3.05, 3.63) is 22.4 Å². The van der Waals surface area contributed by atoms with E-state index in [-0.39, 0.29) is 5.54 Å². The number of hydrogen-bond donors (Lipinski definition) is 1. The van der Waals surface area contributed by atoms with Crippen LogP contribution in [-0.4, -0.2) is 23.0 Å². The first-order valence-electron chi connectivity index (χ1n) is 7.57. The van der Waals surface area contributed by atoms with Gasteiger partial charge in [-0.25, -0.2) is 0 Å². The largest absolute Gasteiger partial charge is 0.329 e. The van der Waals surface area contributed by atoms with Gasteiger partial charge in [0, 0.05) is 24.7 Å². The third-order valence-electron chi connectivity index (χ3n) is 5.46. The van der Waals surface area contributed by atoms with Crippen LogP contribution in [0, 0.1) is 5.41 Å². The van der Waals surface area contributed by atoms with Gasteiger partial charge in [-0.15, -0.1) is 0 Å². The summed E-state index contributed by atoms with van der Waals surface area (Å²) in [7, 11) is 0. The van der Waals surface area contributed by atoms with E-state index < -0.39 is 0 Å². The second-order valence-electron chi connectivity index (χ2n) is 6.96. The third kappa shape index (κ3) is 2.26. The van der Waals surface area contributed by atoms with Crippen LogP contribution in [0.3, 0.4) is 0 Å². The third-order valence-corrected chi connectivity index (χ3v) is 6.19. The lowest BCUT2D eigenvalue weighted by molar-refractivity contribution is -0.000791. The summed E-state index contributed by atoms with van der Waals surface area (Å²) < 4.78 is 0. The second kappa shape index (κ2) is 4.87. The lowest BCUT2D eigenvalue weighted by Crippen LogP contribution is -2.60. The van der Waals surface area contributed by atoms with Crippen LogP contribution in [-0.2, 0) is 6.54 Å². The molecular weight excluding hydrogens is 252 g/mol. The van der Waals surface area contributed by atoms with Crippen molar-refractivity contribution in [3.63, 3.8) is 0 Å². The van der Waals surface area contributed by atoms with Crippen LogP contribution in [0.25, 0.3) is 0 Å². The first-order valence-corrected chi connectivity index (χ1v) is 8.51. The van der Waals surface area contributed by atoms with E-state index in [4.69, 9.17) is 5.73 Å². The topological polar surface area (TPSA) is 29.3 Å². The number of nitrogens with zero attached hydrogens (tertiary/aromatic N) is 1. The summed E-state index contributed by atoms with van der Waals surface area (Å²) >= 11 is 1.80. The SMILES string of the molecule is CC1(C)CCCC1(CN)N(Cc1ccsc1)C1CC1. The van der Waals surface area contributed by atoms with Gasteiger partial charge in [-0.05, 0) is 53.5 Å². The van der Waals surface area contributed by atoms with Crippen molar-refractivity contribution in [2.24, 2.45) is 11.1 Å². The van der Waals surface area contributed by atoms with Gasteiger partial charge in [-0.1, -0.05) is 20.3 Å². The molecule has 1 atom stereocenters. The molecule has 1 unspecified atom stereocenters. The van der Waals surface area contributed by atoms with Gasteiger partial charge in [0.05, 0.1) is 0 Å². The fourth-order valence-electron chi connectivity index (χ4n) is 4.02. The highest BCUT2D eigenvalue weighted by molar-refractivity contribution is 7.07. The molecule has 0 saturated heterocycles. The zero-order chi connectivity index (χ0) is 13.5. The van der Waals surface area contributed by atoms with E-state index in [1.165, 1.54) is 37.7 Å². The lowest BCUT2D eigenvalue weighted by Gasteiger charge is -2.50. The van der Waals surface area contributed by atoms with Gasteiger partial charge in [0.15, 0.2) is 0 Å². The maximum Gasteiger partial charge on any atom is 0.0389 e. The molecule has 2 aliphatic carbocycles. The van der Waals surface area contributed by atoms with Crippen molar-refractivity contribution in [2.45, 2.75) is 64.1 Å². The van der Waals surface area contributed by atoms with E-state index in [1.807, 2.05) is 0 Å². The summed E-state index contributed by atoms with van der Waals surface area (Å²) in [6, 6.07) is 3.05. The fourth-order valence-corrected chi connectivity index (χ4v) is 4.68. The van der Waals surface area contributed by atoms with Crippen LogP contribution in [0.15, 0.2) is 16.8 Å². The summed E-state index contributed by atoms with van der Waals surface area (Å²) in [4.78, 5) is 2.77. The molecule has 0 aliphatic heterocycles. The normalized spacial score (nSPS) is 30.1. The highest BCUT2D eigenvalue weighted by Crippen LogP contribution is 2.52. The molecule has 2 nitrogen and oxygen atoms in total. The Morgan fingerprint density at radius 3 is 2.63 bits per heavy atom. The Hall–Kier alpha value is -0.380. The predicted molar refractivity (Wildman–Crippen MR) is 82.3 cm³/mol. The maximum atomic E-state index is 6.30. The van der Waals surface area contributed by atoms with E-state index in [1.54, 1.807) is 11.3 Å². The summed E-state index contributed by atoms with van der Waals surface area (Å²) in [5.74, 6) is 0. The van der Waals surface area contributed by atoms with E-state index in [0.717, 1.165) is 19.1 Å². The van der Waals surface area contributed by atoms with Crippen LogP contribution < -0.4 is 5.73 Å². The molecule has 3 rings (SSSR count). The van der Waals surface area contributed by atoms with Gasteiger partial charge in [0.1, 0.15) is 0 Å². The molecule has 0 spiro atoms. The quantitative estimate of drug-likeness (QED) is 0.891. The van der Waals surface area contributed by atoms with Gasteiger partial charge in [-0.3, -0.25) is 4.90 Å². The lowest BCUT2D eigenvalue weighted by atomic mass is 9.73. The van der Waals surface area contributed by atoms with Crippen molar-refractivity contribution >= 4 is 11.3 Å². The molecule has 2 N–H and O–H groups in total. The minimum Gasteiger partial charge on any atom is -0.329 e. The Balaban J connectivity index is 1.89. The summed E-state index contributed by atoms with van der Waals surface area (Å²) in [6.45, 7) is 6.75. The summed E-state index contributed by atoms with van der Waals surface area (Å²) in [5.41, 5.74) is 8.33. The van der Waals surface area contributed by atoms with E-state index in [2.05, 4.69) is 35.6 Å². The Bertz CT molecular complexity index is 422. The zero-order valence-electron chi connectivity index (χ0n) is 12.2. The van der Waals surface area contributed by atoms with Crippen molar-refractivity contribution in [1.82, 2.24) is 4.90 Å². The molecule has 19 heavy (non-hydrogen) atoms. The van der Waals surface area contributed by atoms with Gasteiger partial charge in [-0.2, -0.15) is 11.3 Å². The van der Waals surface area contributed by atoms with Crippen LogP contribution >= 0.6 is 11.3 Å². The monoisotopic (exact) mass is 278 g/mol. The smallest absolute Gasteiger partial charge is 0.0389 e. The first kappa shape index (κ1) is 13.6. The summed E-state index contributed by atoms with van der Waals surface area (Å²) in [6.07, 6.45) is 6.65. The van der Waals surface area contributed by atoms with Crippen molar-refractivity contribution in [2.75, 3.05) is 6.54 Å². The summed E-state index contributed by atoms with van der Waals surface area (Å²) in [5, 5.41) is 4.48. The highest BCUT2D eigenvalue weighted by Gasteiger charge is 2.54. The van der Waals surface area contributed by atoms with Crippen LogP contribution in [0.5, 0.6) is 0 Å². The molecule has 1 aromatic rings. The second-order valence-corrected chi connectivity index (χ2v) is 7.74. The minimum atomic E-state index is 0.218. The Morgan fingerprint density at radius 1 is 1.37 bits per heavy atom. The molecule has 0 aromatic carbocycles. The Morgan fingerprint density at radius 2 is 2.16 bits per heavy atom. The van der Waals surface area contributed by atoms with E-state index >= 15 is 0 Å². The maximum absolute atomic E-state index is 6.30. The van der Waals surface area contributed by atoms with Crippen LogP contribution in [0.4, 0.5) is 0 Å². The minimum absolute atomic E-state index is 0.218. The van der Waals surface area contributed by atoms with Crippen molar-refractivity contribution in [3.8, 4) is 0 Å². The molecule has 2 fully saturated rings. The molecule has 1 heterocycles. The van der Waals surface area contributed by atoms with Gasteiger partial charge >= 0.3 is 0 Å². The number of nitrogens with two attached hydrogens (primary N) is 1. The molecule has 1 aromatic heterocycles. The Labute approximate surface area is 121 Å². The van der Waals surface area contributed by atoms with E-state index in [0.29, 0.717) is 5.41 Å². The first-order chi connectivity index (χ1) is 9.09. The molecule has 0 radical (unpaired) electrons. The average molecular weight is 278 g/mol. The molecule has 106 valence electrons. The Kier molecular flexibility index (Phi) is 3.48. The molecular formula is C16H26N2S. The standard InChI is InChI=1S/C16H26N2S/c1-15(2)7-3-8-16(15,12-17)18(14-4-5-14)10-13-6-9-19-11-13/h6,9,11,14H,3-5,7-8,10,12,17H2,1-2H3. The number of rotatable bonds is 5. The van der Waals surface area contributed by atoms with Crippen molar-refractivity contribution < 1.29 is 0 Å². The van der Waals surface area contributed by atoms with Gasteiger partial charge in [0.25, 0.3) is 0 Å². The van der Waals surface area contributed by atoms with E-state index in [9.17, 15) is 0 Å². The number of hydrogen-bond acceptors (Lipinski definition) is 3. The average Bonchev–Trinajstić information content (AvgIpc) is 2.99. The molecule has 0 bridgehead atoms. The highest BCUT2D eigenvalue weighted by atomic mass is 32.1. The van der Waals surface area contributed by atoms with Crippen LogP contribution in [0.2, 0.25) is 0 Å². The molecule has 3 heteroatoms. The van der Waals surface area contributed by atoms with Gasteiger partial charge in [0.2, 0.25) is 0 Å². The molecule has 0 amide bonds.